The average molecular weight is 227 g/mol. The molecule has 0 radical (unpaired) electrons. The van der Waals surface area contributed by atoms with Crippen molar-refractivity contribution in [2.75, 3.05) is 13.2 Å². The second-order valence-corrected chi connectivity index (χ2v) is 5.18. The van der Waals surface area contributed by atoms with Gasteiger partial charge in [-0.3, -0.25) is 4.79 Å². The van der Waals surface area contributed by atoms with Gasteiger partial charge in [0.15, 0.2) is 5.79 Å². The van der Waals surface area contributed by atoms with Crippen LogP contribution in [0.25, 0.3) is 0 Å². The SMILES string of the molecule is CC1(C)OCC(CNC(=O)C2CCCC2)O1. The van der Waals surface area contributed by atoms with Crippen molar-refractivity contribution < 1.29 is 14.3 Å². The van der Waals surface area contributed by atoms with Gasteiger partial charge in [0.1, 0.15) is 6.10 Å². The van der Waals surface area contributed by atoms with Crippen molar-refractivity contribution in [3.63, 3.8) is 0 Å². The highest BCUT2D eigenvalue weighted by molar-refractivity contribution is 5.78. The average Bonchev–Trinajstić information content (AvgIpc) is 2.83. The van der Waals surface area contributed by atoms with Gasteiger partial charge in [-0.15, -0.1) is 0 Å². The van der Waals surface area contributed by atoms with Crippen molar-refractivity contribution in [1.82, 2.24) is 5.32 Å². The van der Waals surface area contributed by atoms with Gasteiger partial charge in [0.05, 0.1) is 6.61 Å². The number of rotatable bonds is 3. The quantitative estimate of drug-likeness (QED) is 0.793. The standard InChI is InChI=1S/C12H21NO3/c1-12(2)15-8-10(16-12)7-13-11(14)9-5-3-4-6-9/h9-10H,3-8H2,1-2H3,(H,13,14). The van der Waals surface area contributed by atoms with E-state index in [-0.39, 0.29) is 17.9 Å². The highest BCUT2D eigenvalue weighted by Crippen LogP contribution is 2.25. The summed E-state index contributed by atoms with van der Waals surface area (Å²) in [6.45, 7) is 4.92. The van der Waals surface area contributed by atoms with E-state index in [4.69, 9.17) is 9.47 Å². The number of carbonyl (C=O) groups is 1. The molecule has 2 aliphatic rings. The summed E-state index contributed by atoms with van der Waals surface area (Å²) in [5, 5.41) is 2.96. The van der Waals surface area contributed by atoms with Gasteiger partial charge in [0, 0.05) is 12.5 Å². The van der Waals surface area contributed by atoms with Gasteiger partial charge in [-0.1, -0.05) is 12.8 Å². The van der Waals surface area contributed by atoms with Crippen LogP contribution in [0.1, 0.15) is 39.5 Å². The molecule has 1 unspecified atom stereocenters. The molecule has 2 fully saturated rings. The van der Waals surface area contributed by atoms with Crippen LogP contribution in [-0.2, 0) is 14.3 Å². The van der Waals surface area contributed by atoms with E-state index in [1.165, 1.54) is 12.8 Å². The topological polar surface area (TPSA) is 47.6 Å². The molecule has 1 aliphatic carbocycles. The molecule has 92 valence electrons. The van der Waals surface area contributed by atoms with E-state index in [1.807, 2.05) is 13.8 Å². The summed E-state index contributed by atoms with van der Waals surface area (Å²) in [6.07, 6.45) is 4.46. The predicted molar refractivity (Wildman–Crippen MR) is 59.9 cm³/mol. The lowest BCUT2D eigenvalue weighted by Gasteiger charge is -2.18. The molecular formula is C12H21NO3. The summed E-state index contributed by atoms with van der Waals surface area (Å²) in [6, 6.07) is 0. The van der Waals surface area contributed by atoms with Crippen LogP contribution in [-0.4, -0.2) is 30.9 Å². The molecule has 1 saturated heterocycles. The highest BCUT2D eigenvalue weighted by Gasteiger charge is 2.33. The second kappa shape index (κ2) is 4.72. The molecule has 1 saturated carbocycles. The third kappa shape index (κ3) is 2.95. The zero-order valence-corrected chi connectivity index (χ0v) is 10.1. The zero-order valence-electron chi connectivity index (χ0n) is 10.1. The van der Waals surface area contributed by atoms with Crippen LogP contribution in [0.2, 0.25) is 0 Å². The zero-order chi connectivity index (χ0) is 11.6. The van der Waals surface area contributed by atoms with Gasteiger partial charge in [-0.2, -0.15) is 0 Å². The van der Waals surface area contributed by atoms with Gasteiger partial charge in [-0.05, 0) is 26.7 Å². The molecule has 0 aromatic rings. The summed E-state index contributed by atoms with van der Waals surface area (Å²) in [4.78, 5) is 11.8. The Labute approximate surface area is 96.7 Å². The molecule has 1 amide bonds. The Hall–Kier alpha value is -0.610. The normalized spacial score (nSPS) is 29.5. The number of ether oxygens (including phenoxy) is 2. The first-order valence-electron chi connectivity index (χ1n) is 6.16. The number of hydrogen-bond donors (Lipinski definition) is 1. The Bertz CT molecular complexity index is 259. The number of amides is 1. The summed E-state index contributed by atoms with van der Waals surface area (Å²) < 4.78 is 11.1. The first-order valence-corrected chi connectivity index (χ1v) is 6.16. The van der Waals surface area contributed by atoms with Crippen molar-refractivity contribution in [3.8, 4) is 0 Å². The van der Waals surface area contributed by atoms with Crippen LogP contribution in [0, 0.1) is 5.92 Å². The molecule has 16 heavy (non-hydrogen) atoms. The Kier molecular flexibility index (Phi) is 3.50. The minimum Gasteiger partial charge on any atom is -0.353 e. The van der Waals surface area contributed by atoms with Crippen molar-refractivity contribution >= 4 is 5.91 Å². The van der Waals surface area contributed by atoms with E-state index < -0.39 is 5.79 Å². The minimum absolute atomic E-state index is 0.000327. The van der Waals surface area contributed by atoms with E-state index in [0.29, 0.717) is 13.2 Å². The summed E-state index contributed by atoms with van der Waals surface area (Å²) in [7, 11) is 0. The van der Waals surface area contributed by atoms with E-state index in [0.717, 1.165) is 12.8 Å². The fraction of sp³-hybridized carbons (Fsp3) is 0.917. The number of hydrogen-bond acceptors (Lipinski definition) is 3. The van der Waals surface area contributed by atoms with Crippen molar-refractivity contribution in [2.24, 2.45) is 5.92 Å². The molecule has 0 aromatic carbocycles. The molecule has 1 aliphatic heterocycles. The van der Waals surface area contributed by atoms with Crippen LogP contribution in [0.15, 0.2) is 0 Å². The van der Waals surface area contributed by atoms with E-state index in [2.05, 4.69) is 5.32 Å². The summed E-state index contributed by atoms with van der Waals surface area (Å²) in [5.74, 6) is -0.0795. The molecule has 0 bridgehead atoms. The molecule has 0 spiro atoms. The Balaban J connectivity index is 1.69. The van der Waals surface area contributed by atoms with E-state index in [9.17, 15) is 4.79 Å². The highest BCUT2D eigenvalue weighted by atomic mass is 16.7. The molecule has 0 aromatic heterocycles. The summed E-state index contributed by atoms with van der Waals surface area (Å²) in [5.41, 5.74) is 0. The van der Waals surface area contributed by atoms with Crippen LogP contribution in [0.5, 0.6) is 0 Å². The maximum atomic E-state index is 11.8. The molecule has 2 rings (SSSR count). The fourth-order valence-electron chi connectivity index (χ4n) is 2.41. The van der Waals surface area contributed by atoms with Crippen LogP contribution >= 0.6 is 0 Å². The van der Waals surface area contributed by atoms with Gasteiger partial charge in [-0.25, -0.2) is 0 Å². The smallest absolute Gasteiger partial charge is 0.223 e. The number of carbonyl (C=O) groups excluding carboxylic acids is 1. The van der Waals surface area contributed by atoms with Crippen LogP contribution in [0.4, 0.5) is 0 Å². The van der Waals surface area contributed by atoms with Crippen molar-refractivity contribution in [1.29, 1.82) is 0 Å². The Morgan fingerprint density at radius 1 is 1.38 bits per heavy atom. The molecule has 4 nitrogen and oxygen atoms in total. The fourth-order valence-corrected chi connectivity index (χ4v) is 2.41. The van der Waals surface area contributed by atoms with Crippen LogP contribution < -0.4 is 5.32 Å². The minimum atomic E-state index is -0.497. The van der Waals surface area contributed by atoms with Crippen molar-refractivity contribution in [2.45, 2.75) is 51.4 Å². The molecule has 1 heterocycles. The van der Waals surface area contributed by atoms with Crippen molar-refractivity contribution in [3.05, 3.63) is 0 Å². The largest absolute Gasteiger partial charge is 0.353 e. The molecule has 1 N–H and O–H groups in total. The maximum Gasteiger partial charge on any atom is 0.223 e. The van der Waals surface area contributed by atoms with Crippen LogP contribution in [0.3, 0.4) is 0 Å². The molecule has 4 heteroatoms. The van der Waals surface area contributed by atoms with Gasteiger partial charge in [0.2, 0.25) is 5.91 Å². The first kappa shape index (κ1) is 11.9. The maximum absolute atomic E-state index is 11.8. The second-order valence-electron chi connectivity index (χ2n) is 5.18. The van der Waals surface area contributed by atoms with E-state index >= 15 is 0 Å². The lowest BCUT2D eigenvalue weighted by molar-refractivity contribution is -0.140. The monoisotopic (exact) mass is 227 g/mol. The number of nitrogens with one attached hydrogen (secondary N) is 1. The van der Waals surface area contributed by atoms with Gasteiger partial charge >= 0.3 is 0 Å². The Morgan fingerprint density at radius 2 is 2.06 bits per heavy atom. The molecule has 1 atom stereocenters. The summed E-state index contributed by atoms with van der Waals surface area (Å²) >= 11 is 0. The third-order valence-electron chi connectivity index (χ3n) is 3.30. The lowest BCUT2D eigenvalue weighted by Crippen LogP contribution is -2.37. The predicted octanol–water partition coefficient (Wildman–Crippen LogP) is 1.44. The Morgan fingerprint density at radius 3 is 2.62 bits per heavy atom. The molecular weight excluding hydrogens is 206 g/mol. The lowest BCUT2D eigenvalue weighted by atomic mass is 10.1. The first-order chi connectivity index (χ1) is 7.57. The van der Waals surface area contributed by atoms with E-state index in [1.54, 1.807) is 0 Å². The third-order valence-corrected chi connectivity index (χ3v) is 3.30. The van der Waals surface area contributed by atoms with Gasteiger partial charge in [0.25, 0.3) is 0 Å². The van der Waals surface area contributed by atoms with Gasteiger partial charge < -0.3 is 14.8 Å².